The molecule has 0 aliphatic carbocycles. The van der Waals surface area contributed by atoms with Gasteiger partial charge in [0.15, 0.2) is 0 Å². The predicted octanol–water partition coefficient (Wildman–Crippen LogP) is 0.825. The Bertz CT molecular complexity index is 68.1. The lowest BCUT2D eigenvalue weighted by molar-refractivity contribution is 0.361. The Morgan fingerprint density at radius 1 is 1.44 bits per heavy atom. The Morgan fingerprint density at radius 2 is 2.00 bits per heavy atom. The molecular formula is C6H17NOSi. The molecule has 0 amide bonds. The highest BCUT2D eigenvalue weighted by molar-refractivity contribution is 6.48. The van der Waals surface area contributed by atoms with Crippen LogP contribution in [0.25, 0.3) is 0 Å². The lowest BCUT2D eigenvalue weighted by Crippen LogP contribution is -2.34. The maximum atomic E-state index is 5.32. The third-order valence-electron chi connectivity index (χ3n) is 1.38. The first-order valence-corrected chi connectivity index (χ1v) is 5.22. The fraction of sp³-hybridized carbons (Fsp3) is 1.00. The molecule has 0 aromatic carbocycles. The van der Waals surface area contributed by atoms with Gasteiger partial charge in [0.1, 0.15) is 0 Å². The minimum absolute atomic E-state index is 0.953. The van der Waals surface area contributed by atoms with Gasteiger partial charge in [-0.05, 0) is 20.1 Å². The fourth-order valence-electron chi connectivity index (χ4n) is 0.834. The highest BCUT2D eigenvalue weighted by atomic mass is 28.3. The average Bonchev–Trinajstić information content (AvgIpc) is 1.82. The molecule has 0 saturated carbocycles. The van der Waals surface area contributed by atoms with E-state index in [2.05, 4.69) is 25.6 Å². The molecule has 56 valence electrons. The first-order chi connectivity index (χ1) is 4.22. The smallest absolute Gasteiger partial charge is 0.254 e. The second-order valence-electron chi connectivity index (χ2n) is 2.44. The van der Waals surface area contributed by atoms with Gasteiger partial charge < -0.3 is 8.99 Å². The summed E-state index contributed by atoms with van der Waals surface area (Å²) in [6.45, 7) is 2.20. The molecule has 1 unspecified atom stereocenters. The van der Waals surface area contributed by atoms with Gasteiger partial charge in [0.2, 0.25) is 0 Å². The summed E-state index contributed by atoms with van der Waals surface area (Å²) >= 11 is 0. The molecule has 0 aliphatic rings. The molecule has 9 heavy (non-hydrogen) atoms. The van der Waals surface area contributed by atoms with Gasteiger partial charge in [-0.15, -0.1) is 0 Å². The molecule has 0 aromatic rings. The van der Waals surface area contributed by atoms with E-state index in [1.54, 1.807) is 0 Å². The first-order valence-electron chi connectivity index (χ1n) is 3.41. The third-order valence-corrected chi connectivity index (χ3v) is 4.15. The van der Waals surface area contributed by atoms with Gasteiger partial charge in [0, 0.05) is 7.11 Å². The number of nitrogens with zero attached hydrogens (tertiary/aromatic N) is 1. The van der Waals surface area contributed by atoms with Crippen LogP contribution in [-0.2, 0) is 4.43 Å². The van der Waals surface area contributed by atoms with Crippen LogP contribution in [0.5, 0.6) is 0 Å². The number of rotatable bonds is 4. The van der Waals surface area contributed by atoms with Gasteiger partial charge >= 0.3 is 0 Å². The van der Waals surface area contributed by atoms with Crippen molar-refractivity contribution in [1.29, 1.82) is 0 Å². The second kappa shape index (κ2) is 4.96. The molecule has 0 aromatic heterocycles. The highest BCUT2D eigenvalue weighted by Crippen LogP contribution is 1.98. The van der Waals surface area contributed by atoms with Crippen molar-refractivity contribution in [3.05, 3.63) is 0 Å². The van der Waals surface area contributed by atoms with Crippen molar-refractivity contribution >= 4 is 9.20 Å². The molecule has 2 nitrogen and oxygen atoms in total. The molecular weight excluding hydrogens is 130 g/mol. The van der Waals surface area contributed by atoms with Crippen molar-refractivity contribution in [2.45, 2.75) is 19.4 Å². The van der Waals surface area contributed by atoms with Crippen LogP contribution in [0.2, 0.25) is 6.04 Å². The molecule has 0 fully saturated rings. The Balaban J connectivity index is 3.41. The van der Waals surface area contributed by atoms with Gasteiger partial charge in [-0.2, -0.15) is 0 Å². The molecule has 0 heterocycles. The molecule has 0 saturated heterocycles. The topological polar surface area (TPSA) is 12.5 Å². The van der Waals surface area contributed by atoms with Crippen LogP contribution in [0.15, 0.2) is 0 Å². The SMILES string of the molecule is CCC[SiH](OC)N(C)C. The summed E-state index contributed by atoms with van der Waals surface area (Å²) in [5.41, 5.74) is 0. The first kappa shape index (κ1) is 9.14. The molecule has 3 heteroatoms. The van der Waals surface area contributed by atoms with Crippen LogP contribution in [0.1, 0.15) is 13.3 Å². The standard InChI is InChI=1S/C6H17NOSi/c1-5-6-9(8-4)7(2)3/h9H,5-6H2,1-4H3. The average molecular weight is 147 g/mol. The van der Waals surface area contributed by atoms with Gasteiger partial charge in [0.05, 0.1) is 0 Å². The van der Waals surface area contributed by atoms with Gasteiger partial charge in [-0.25, -0.2) is 0 Å². The van der Waals surface area contributed by atoms with Gasteiger partial charge in [-0.1, -0.05) is 13.3 Å². The number of hydrogen-bond acceptors (Lipinski definition) is 2. The van der Waals surface area contributed by atoms with E-state index >= 15 is 0 Å². The van der Waals surface area contributed by atoms with E-state index < -0.39 is 9.20 Å². The summed E-state index contributed by atoms with van der Waals surface area (Å²) in [6.07, 6.45) is 1.24. The third kappa shape index (κ3) is 3.67. The summed E-state index contributed by atoms with van der Waals surface area (Å²) in [7, 11) is 5.05. The monoisotopic (exact) mass is 147 g/mol. The van der Waals surface area contributed by atoms with Crippen molar-refractivity contribution in [3.63, 3.8) is 0 Å². The molecule has 0 bridgehead atoms. The zero-order chi connectivity index (χ0) is 7.28. The Hall–Kier alpha value is 0.137. The van der Waals surface area contributed by atoms with E-state index in [1.807, 2.05) is 7.11 Å². The largest absolute Gasteiger partial charge is 0.409 e. The Kier molecular flexibility index (Phi) is 5.04. The molecule has 1 atom stereocenters. The predicted molar refractivity (Wildman–Crippen MR) is 42.9 cm³/mol. The van der Waals surface area contributed by atoms with Crippen molar-refractivity contribution < 1.29 is 4.43 Å². The van der Waals surface area contributed by atoms with E-state index in [4.69, 9.17) is 4.43 Å². The Morgan fingerprint density at radius 3 is 2.11 bits per heavy atom. The van der Waals surface area contributed by atoms with Crippen molar-refractivity contribution in [3.8, 4) is 0 Å². The van der Waals surface area contributed by atoms with Crippen LogP contribution in [0.4, 0.5) is 0 Å². The van der Waals surface area contributed by atoms with E-state index in [9.17, 15) is 0 Å². The lowest BCUT2D eigenvalue weighted by atomic mass is 10.6. The minimum atomic E-state index is -0.953. The van der Waals surface area contributed by atoms with Crippen molar-refractivity contribution in [2.24, 2.45) is 0 Å². The molecule has 0 N–H and O–H groups in total. The van der Waals surface area contributed by atoms with Gasteiger partial charge in [-0.3, -0.25) is 0 Å². The minimum Gasteiger partial charge on any atom is -0.409 e. The zero-order valence-electron chi connectivity index (χ0n) is 6.85. The lowest BCUT2D eigenvalue weighted by Gasteiger charge is -2.19. The maximum absolute atomic E-state index is 5.32. The van der Waals surface area contributed by atoms with E-state index in [0.717, 1.165) is 0 Å². The summed E-state index contributed by atoms with van der Waals surface area (Å²) < 4.78 is 7.54. The van der Waals surface area contributed by atoms with Crippen LogP contribution < -0.4 is 0 Å². The quantitative estimate of drug-likeness (QED) is 0.546. The Labute approximate surface area is 59.6 Å². The van der Waals surface area contributed by atoms with E-state index in [-0.39, 0.29) is 0 Å². The van der Waals surface area contributed by atoms with Crippen LogP contribution in [0.3, 0.4) is 0 Å². The summed E-state index contributed by atoms with van der Waals surface area (Å²) in [4.78, 5) is 0. The van der Waals surface area contributed by atoms with E-state index in [0.29, 0.717) is 0 Å². The molecule has 0 aliphatic heterocycles. The summed E-state index contributed by atoms with van der Waals surface area (Å²) in [6, 6.07) is 1.25. The fourth-order valence-corrected chi connectivity index (χ4v) is 2.50. The van der Waals surface area contributed by atoms with Crippen molar-refractivity contribution in [2.75, 3.05) is 21.2 Å². The molecule has 0 rings (SSSR count). The molecule has 0 radical (unpaired) electrons. The van der Waals surface area contributed by atoms with Gasteiger partial charge in [0.25, 0.3) is 9.20 Å². The highest BCUT2D eigenvalue weighted by Gasteiger charge is 2.10. The van der Waals surface area contributed by atoms with Crippen LogP contribution in [-0.4, -0.2) is 35.0 Å². The van der Waals surface area contributed by atoms with Crippen molar-refractivity contribution in [1.82, 2.24) is 4.57 Å². The summed E-state index contributed by atoms with van der Waals surface area (Å²) in [5, 5.41) is 0. The normalized spacial score (nSPS) is 14.3. The zero-order valence-corrected chi connectivity index (χ0v) is 8.00. The number of hydrogen-bond donors (Lipinski definition) is 0. The van der Waals surface area contributed by atoms with Crippen LogP contribution >= 0.6 is 0 Å². The molecule has 0 spiro atoms. The maximum Gasteiger partial charge on any atom is 0.254 e. The van der Waals surface area contributed by atoms with E-state index in [1.165, 1.54) is 12.5 Å². The second-order valence-corrected chi connectivity index (χ2v) is 5.43. The summed E-state index contributed by atoms with van der Waals surface area (Å²) in [5.74, 6) is 0. The van der Waals surface area contributed by atoms with Crippen LogP contribution in [0, 0.1) is 0 Å².